The number of pyridine rings is 2. The summed E-state index contributed by atoms with van der Waals surface area (Å²) in [6.07, 6.45) is 7.58. The van der Waals surface area contributed by atoms with Crippen molar-refractivity contribution in [1.29, 1.82) is 5.26 Å². The molecule has 0 aliphatic heterocycles. The summed E-state index contributed by atoms with van der Waals surface area (Å²) in [4.78, 5) is 16.3. The van der Waals surface area contributed by atoms with Crippen molar-refractivity contribution in [3.05, 3.63) is 108 Å². The Morgan fingerprint density at radius 2 is 1.32 bits per heavy atom. The van der Waals surface area contributed by atoms with E-state index in [4.69, 9.17) is 25.6 Å². The van der Waals surface area contributed by atoms with Crippen LogP contribution in [0.1, 0.15) is 18.1 Å². The second kappa shape index (κ2) is 13.7. The second-order valence-corrected chi connectivity index (χ2v) is 9.79. The topological polar surface area (TPSA) is 178 Å². The van der Waals surface area contributed by atoms with Crippen LogP contribution in [0.15, 0.2) is 105 Å². The molecule has 0 spiro atoms. The number of nitrogen functional groups attached to an aromatic ring is 2. The normalized spacial score (nSPS) is 10.0. The molecule has 0 unspecified atom stereocenters. The molecule has 0 atom stereocenters. The molecule has 0 fully saturated rings. The third-order valence-electron chi connectivity index (χ3n) is 6.06. The molecule has 6 N–H and O–H groups in total. The number of nitrogens with one attached hydrogen (secondary N) is 2. The highest BCUT2D eigenvalue weighted by Gasteiger charge is 2.08. The highest BCUT2D eigenvalue weighted by molar-refractivity contribution is 9.10. The van der Waals surface area contributed by atoms with Crippen LogP contribution in [-0.4, -0.2) is 19.9 Å². The van der Waals surface area contributed by atoms with E-state index in [9.17, 15) is 0 Å². The molecule has 4 heterocycles. The van der Waals surface area contributed by atoms with Crippen molar-refractivity contribution in [1.82, 2.24) is 19.9 Å². The summed E-state index contributed by atoms with van der Waals surface area (Å²) in [6.45, 7) is 1.76. The summed E-state index contributed by atoms with van der Waals surface area (Å²) in [5.74, 6) is 8.41. The van der Waals surface area contributed by atoms with Crippen LogP contribution in [0.2, 0.25) is 0 Å². The van der Waals surface area contributed by atoms with E-state index >= 15 is 0 Å². The van der Waals surface area contributed by atoms with Gasteiger partial charge in [-0.3, -0.25) is 0 Å². The van der Waals surface area contributed by atoms with Gasteiger partial charge in [-0.25, -0.2) is 19.9 Å². The predicted octanol–water partition coefficient (Wildman–Crippen LogP) is 7.13. The molecule has 44 heavy (non-hydrogen) atoms. The van der Waals surface area contributed by atoms with Crippen LogP contribution < -0.4 is 22.1 Å². The molecule has 4 aromatic heterocycles. The van der Waals surface area contributed by atoms with Gasteiger partial charge in [0.25, 0.3) is 0 Å². The smallest absolute Gasteiger partial charge is 0.181 e. The van der Waals surface area contributed by atoms with Crippen molar-refractivity contribution in [2.75, 3.05) is 22.1 Å². The molecule has 0 aliphatic rings. The zero-order valence-corrected chi connectivity index (χ0v) is 24.8. The molecule has 6 aromatic rings. The molecule has 2 aromatic carbocycles. The van der Waals surface area contributed by atoms with E-state index in [0.717, 1.165) is 28.3 Å². The highest BCUT2D eigenvalue weighted by Crippen LogP contribution is 2.27. The molecule has 0 saturated heterocycles. The lowest BCUT2D eigenvalue weighted by molar-refractivity contribution is 0.571. The fourth-order valence-electron chi connectivity index (χ4n) is 3.93. The number of nitriles is 1. The summed E-state index contributed by atoms with van der Waals surface area (Å²) >= 11 is 3.40. The number of oxazole rings is 2. The van der Waals surface area contributed by atoms with E-state index in [1.165, 1.54) is 19.0 Å². The Bertz CT molecular complexity index is 1930. The molecule has 12 heteroatoms. The summed E-state index contributed by atoms with van der Waals surface area (Å²) < 4.78 is 11.1. The number of hydrogen-bond acceptors (Lipinski definition) is 11. The Hall–Kier alpha value is -6.11. The minimum atomic E-state index is 0.362. The van der Waals surface area contributed by atoms with Crippen LogP contribution in [0.25, 0.3) is 22.6 Å². The lowest BCUT2D eigenvalue weighted by Crippen LogP contribution is -1.99. The van der Waals surface area contributed by atoms with Crippen LogP contribution in [-0.2, 0) is 0 Å². The van der Waals surface area contributed by atoms with Crippen LogP contribution in [0, 0.1) is 23.2 Å². The van der Waals surface area contributed by atoms with Crippen LogP contribution in [0.4, 0.5) is 34.4 Å². The predicted molar refractivity (Wildman–Crippen MR) is 173 cm³/mol. The summed E-state index contributed by atoms with van der Waals surface area (Å²) in [5, 5.41) is 15.1. The molecule has 0 amide bonds. The minimum absolute atomic E-state index is 0.362. The maximum atomic E-state index is 8.82. The Kier molecular flexibility index (Phi) is 9.15. The van der Waals surface area contributed by atoms with Crippen molar-refractivity contribution >= 4 is 50.3 Å². The molecule has 6 rings (SSSR count). The van der Waals surface area contributed by atoms with Crippen molar-refractivity contribution in [3.8, 4) is 40.6 Å². The first-order valence-electron chi connectivity index (χ1n) is 13.0. The van der Waals surface area contributed by atoms with Gasteiger partial charge in [0.2, 0.25) is 0 Å². The zero-order chi connectivity index (χ0) is 30.9. The molecular weight excluding hydrogens is 622 g/mol. The maximum Gasteiger partial charge on any atom is 0.181 e. The third kappa shape index (κ3) is 7.20. The van der Waals surface area contributed by atoms with Crippen LogP contribution in [0.3, 0.4) is 0 Å². The van der Waals surface area contributed by atoms with Gasteiger partial charge in [0.05, 0.1) is 34.9 Å². The molecule has 0 aliphatic carbocycles. The number of nitrogens with two attached hydrogens (primary N) is 2. The van der Waals surface area contributed by atoms with Gasteiger partial charge < -0.3 is 30.9 Å². The maximum absolute atomic E-state index is 8.82. The average molecular weight is 647 g/mol. The van der Waals surface area contributed by atoms with Crippen LogP contribution >= 0.6 is 15.9 Å². The van der Waals surface area contributed by atoms with Gasteiger partial charge in [-0.1, -0.05) is 5.92 Å². The number of benzene rings is 2. The quantitative estimate of drug-likeness (QED) is 0.107. The molecule has 0 saturated carbocycles. The Morgan fingerprint density at radius 3 is 1.77 bits per heavy atom. The Morgan fingerprint density at radius 1 is 0.773 bits per heavy atom. The number of halogens is 1. The number of aromatic nitrogens is 4. The van der Waals surface area contributed by atoms with Gasteiger partial charge in [-0.2, -0.15) is 5.26 Å². The Labute approximate surface area is 261 Å². The molecule has 0 radical (unpaired) electrons. The number of hydrogen-bond donors (Lipinski definition) is 4. The number of anilines is 6. The fraction of sp³-hybridized carbons (Fsp3) is 0.0312. The van der Waals surface area contributed by atoms with E-state index < -0.39 is 0 Å². The van der Waals surface area contributed by atoms with Gasteiger partial charge >= 0.3 is 0 Å². The van der Waals surface area contributed by atoms with Gasteiger partial charge in [0.15, 0.2) is 24.3 Å². The van der Waals surface area contributed by atoms with E-state index in [0.29, 0.717) is 44.5 Å². The van der Waals surface area contributed by atoms with E-state index in [1.807, 2.05) is 54.6 Å². The number of nitrogens with zero attached hydrogens (tertiary/aromatic N) is 5. The minimum Gasteiger partial charge on any atom is -0.444 e. The van der Waals surface area contributed by atoms with Crippen molar-refractivity contribution in [3.63, 3.8) is 0 Å². The highest BCUT2D eigenvalue weighted by atomic mass is 79.9. The largest absolute Gasteiger partial charge is 0.444 e. The third-order valence-corrected chi connectivity index (χ3v) is 6.63. The second-order valence-electron chi connectivity index (χ2n) is 9.04. The summed E-state index contributed by atoms with van der Waals surface area (Å²) in [5.41, 5.74) is 17.4. The SMILES string of the molecule is CC#Cc1c(N)cc(Nc2ccc(-c3cnco3)cc2)nc1Br.N#Cc1cnc(Nc2ccc(-c3cnco3)cc2)cc1N. The molecule has 11 nitrogen and oxygen atoms in total. The average Bonchev–Trinajstić information content (AvgIpc) is 3.76. The monoisotopic (exact) mass is 645 g/mol. The van der Waals surface area contributed by atoms with E-state index in [2.05, 4.69) is 58.3 Å². The lowest BCUT2D eigenvalue weighted by Gasteiger charge is -2.09. The first-order valence-corrected chi connectivity index (χ1v) is 13.8. The van der Waals surface area contributed by atoms with Crippen molar-refractivity contribution < 1.29 is 8.83 Å². The van der Waals surface area contributed by atoms with Gasteiger partial charge in [-0.15, -0.1) is 5.92 Å². The van der Waals surface area contributed by atoms with Crippen LogP contribution in [0.5, 0.6) is 0 Å². The number of rotatable bonds is 6. The molecular formula is C32H24BrN9O2. The first kappa shape index (κ1) is 29.4. The van der Waals surface area contributed by atoms with Gasteiger partial charge in [-0.05, 0) is 71.4 Å². The van der Waals surface area contributed by atoms with Crippen molar-refractivity contribution in [2.24, 2.45) is 0 Å². The zero-order valence-electron chi connectivity index (χ0n) is 23.2. The standard InChI is InChI=1S/C17H13BrN4O.C15H11N5O/c1-2-3-13-14(19)8-16(22-17(13)18)21-12-6-4-11(5-7-12)15-9-20-10-23-15;16-6-11-7-19-15(5-13(11)17)20-12-3-1-10(2-4-12)14-8-18-9-21-14/h4-10H,1H3,(H3,19,21,22);1-5,7-9H,(H3,17,19,20). The van der Waals surface area contributed by atoms with E-state index in [-0.39, 0.29) is 0 Å². The van der Waals surface area contributed by atoms with Crippen molar-refractivity contribution in [2.45, 2.75) is 6.92 Å². The molecule has 0 bridgehead atoms. The summed E-state index contributed by atoms with van der Waals surface area (Å²) in [7, 11) is 0. The van der Waals surface area contributed by atoms with Gasteiger partial charge in [0.1, 0.15) is 22.3 Å². The Balaban J connectivity index is 0.000000175. The first-order chi connectivity index (χ1) is 21.4. The lowest BCUT2D eigenvalue weighted by atomic mass is 10.1. The van der Waals surface area contributed by atoms with E-state index in [1.54, 1.807) is 31.5 Å². The van der Waals surface area contributed by atoms with Gasteiger partial charge in [0, 0.05) is 40.8 Å². The molecule has 216 valence electrons. The summed E-state index contributed by atoms with van der Waals surface area (Å²) in [6, 6.07) is 20.7. The fourth-order valence-corrected chi connectivity index (χ4v) is 4.45.